The number of carbonyl (C=O) groups is 1. The zero-order valence-electron chi connectivity index (χ0n) is 14.8. The van der Waals surface area contributed by atoms with Gasteiger partial charge in [-0.15, -0.1) is 22.7 Å². The highest BCUT2D eigenvalue weighted by atomic mass is 32.1. The van der Waals surface area contributed by atoms with Crippen molar-refractivity contribution in [2.24, 2.45) is 5.73 Å². The molecule has 5 aromatic rings. The molecule has 0 atom stereocenters. The molecule has 5 N–H and O–H groups in total. The van der Waals surface area contributed by atoms with Crippen LogP contribution in [0.4, 0.5) is 0 Å². The van der Waals surface area contributed by atoms with Crippen LogP contribution in [0.5, 0.6) is 0 Å². The Hall–Kier alpha value is -2.94. The molecule has 0 saturated carbocycles. The number of hydrogen-bond donors (Lipinski definition) is 4. The number of aromatic nitrogens is 3. The van der Waals surface area contributed by atoms with Gasteiger partial charge in [-0.1, -0.05) is 6.07 Å². The number of thiophene rings is 2. The van der Waals surface area contributed by atoms with Crippen LogP contribution < -0.4 is 5.73 Å². The van der Waals surface area contributed by atoms with Gasteiger partial charge < -0.3 is 15.8 Å². The molecule has 8 heteroatoms. The van der Waals surface area contributed by atoms with E-state index in [0.29, 0.717) is 0 Å². The molecule has 0 unspecified atom stereocenters. The largest absolute Gasteiger partial charge is 0.478 e. The van der Waals surface area contributed by atoms with Crippen LogP contribution in [0.15, 0.2) is 53.2 Å². The summed E-state index contributed by atoms with van der Waals surface area (Å²) in [5.41, 5.74) is 9.27. The van der Waals surface area contributed by atoms with E-state index in [1.54, 1.807) is 40.9 Å². The molecule has 0 bridgehead atoms. The lowest BCUT2D eigenvalue weighted by molar-refractivity contribution is 0.0697. The SMILES string of the molecule is NCCc1cccs1.O=C(O)c1ccc2[nH]c(-c3n[nH]c4ccsc34)cc2c1. The summed E-state index contributed by atoms with van der Waals surface area (Å²) >= 11 is 3.39. The van der Waals surface area contributed by atoms with E-state index < -0.39 is 5.97 Å². The van der Waals surface area contributed by atoms with E-state index in [4.69, 9.17) is 10.8 Å². The van der Waals surface area contributed by atoms with Gasteiger partial charge in [0.05, 0.1) is 21.5 Å². The second-order valence-corrected chi connectivity index (χ2v) is 8.09. The molecule has 0 aliphatic carbocycles. The van der Waals surface area contributed by atoms with Crippen LogP contribution in [0.2, 0.25) is 0 Å². The van der Waals surface area contributed by atoms with Gasteiger partial charge in [0.1, 0.15) is 5.69 Å². The van der Waals surface area contributed by atoms with Crippen molar-refractivity contribution in [2.75, 3.05) is 6.54 Å². The van der Waals surface area contributed by atoms with Crippen LogP contribution in [0, 0.1) is 0 Å². The number of hydrogen-bond acceptors (Lipinski definition) is 5. The highest BCUT2D eigenvalue weighted by Gasteiger charge is 2.12. The molecule has 28 heavy (non-hydrogen) atoms. The van der Waals surface area contributed by atoms with Crippen LogP contribution in [-0.2, 0) is 6.42 Å². The molecule has 0 spiro atoms. The lowest BCUT2D eigenvalue weighted by atomic mass is 10.1. The molecule has 0 saturated heterocycles. The van der Waals surface area contributed by atoms with Gasteiger partial charge in [0.2, 0.25) is 0 Å². The van der Waals surface area contributed by atoms with E-state index in [1.807, 2.05) is 17.5 Å². The Morgan fingerprint density at radius 2 is 2.00 bits per heavy atom. The number of nitrogens with two attached hydrogens (primary N) is 1. The van der Waals surface area contributed by atoms with Crippen LogP contribution in [0.25, 0.3) is 32.5 Å². The van der Waals surface area contributed by atoms with Crippen LogP contribution >= 0.6 is 22.7 Å². The Balaban J connectivity index is 0.000000203. The fraction of sp³-hybridized carbons (Fsp3) is 0.100. The second-order valence-electron chi connectivity index (χ2n) is 6.14. The Kier molecular flexibility index (Phi) is 5.25. The van der Waals surface area contributed by atoms with Crippen molar-refractivity contribution in [3.8, 4) is 11.4 Å². The highest BCUT2D eigenvalue weighted by molar-refractivity contribution is 7.17. The zero-order valence-corrected chi connectivity index (χ0v) is 16.4. The maximum atomic E-state index is 11.0. The van der Waals surface area contributed by atoms with E-state index in [2.05, 4.69) is 32.7 Å². The summed E-state index contributed by atoms with van der Waals surface area (Å²) in [5, 5.41) is 21.3. The maximum absolute atomic E-state index is 11.0. The summed E-state index contributed by atoms with van der Waals surface area (Å²) in [5.74, 6) is -0.921. The summed E-state index contributed by atoms with van der Waals surface area (Å²) in [4.78, 5) is 15.7. The molecular formula is C20H18N4O2S2. The number of nitrogens with one attached hydrogen (secondary N) is 2. The van der Waals surface area contributed by atoms with Gasteiger partial charge >= 0.3 is 5.97 Å². The first kappa shape index (κ1) is 18.4. The van der Waals surface area contributed by atoms with Gasteiger partial charge in [0, 0.05) is 15.8 Å². The molecule has 0 radical (unpaired) electrons. The second kappa shape index (κ2) is 7.97. The monoisotopic (exact) mass is 410 g/mol. The van der Waals surface area contributed by atoms with Gasteiger partial charge in [-0.2, -0.15) is 5.10 Å². The molecule has 0 aliphatic rings. The van der Waals surface area contributed by atoms with Crippen molar-refractivity contribution < 1.29 is 9.90 Å². The summed E-state index contributed by atoms with van der Waals surface area (Å²) < 4.78 is 1.09. The zero-order chi connectivity index (χ0) is 19.5. The Labute approximate surface area is 168 Å². The number of aromatic amines is 2. The van der Waals surface area contributed by atoms with Crippen molar-refractivity contribution in [3.63, 3.8) is 0 Å². The number of rotatable bonds is 4. The third-order valence-corrected chi connectivity index (χ3v) is 6.12. The average molecular weight is 411 g/mol. The van der Waals surface area contributed by atoms with Crippen LogP contribution in [-0.4, -0.2) is 32.8 Å². The summed E-state index contributed by atoms with van der Waals surface area (Å²) in [7, 11) is 0. The standard InChI is InChI=1S/C14H9N3O2S.C6H9NS/c18-14(19)7-1-2-9-8(5-7)6-11(15-9)12-13-10(16-17-12)3-4-20-13;7-4-3-6-2-1-5-8-6/h1-6,15H,(H,16,17)(H,18,19);1-2,5H,3-4,7H2. The quantitative estimate of drug-likeness (QED) is 0.344. The first-order valence-corrected chi connectivity index (χ1v) is 10.4. The molecule has 4 aromatic heterocycles. The van der Waals surface area contributed by atoms with Crippen molar-refractivity contribution in [2.45, 2.75) is 6.42 Å². The number of carboxylic acid groups (broad SMARTS) is 1. The molecule has 0 fully saturated rings. The number of benzene rings is 1. The van der Waals surface area contributed by atoms with Crippen molar-refractivity contribution in [1.82, 2.24) is 15.2 Å². The van der Waals surface area contributed by atoms with Gasteiger partial charge in [-0.25, -0.2) is 4.79 Å². The molecule has 0 amide bonds. The van der Waals surface area contributed by atoms with E-state index >= 15 is 0 Å². The van der Waals surface area contributed by atoms with E-state index in [0.717, 1.165) is 45.5 Å². The van der Waals surface area contributed by atoms with E-state index in [1.165, 1.54) is 4.88 Å². The molecule has 1 aromatic carbocycles. The first-order valence-electron chi connectivity index (χ1n) is 8.66. The minimum atomic E-state index is -0.921. The molecule has 0 aliphatic heterocycles. The Morgan fingerprint density at radius 3 is 2.75 bits per heavy atom. The first-order chi connectivity index (χ1) is 13.7. The minimum absolute atomic E-state index is 0.284. The number of aromatic carboxylic acids is 1. The van der Waals surface area contributed by atoms with Gasteiger partial charge in [-0.05, 0) is 60.1 Å². The number of fused-ring (bicyclic) bond motifs is 2. The number of nitrogens with zero attached hydrogens (tertiary/aromatic N) is 1. The Bertz CT molecular complexity index is 1220. The predicted octanol–water partition coefficient (Wildman–Crippen LogP) is 4.72. The molecule has 142 valence electrons. The van der Waals surface area contributed by atoms with Gasteiger partial charge in [0.25, 0.3) is 0 Å². The molecule has 4 heterocycles. The molecule has 6 nitrogen and oxygen atoms in total. The highest BCUT2D eigenvalue weighted by Crippen LogP contribution is 2.31. The number of carboxylic acids is 1. The smallest absolute Gasteiger partial charge is 0.335 e. The summed E-state index contributed by atoms with van der Waals surface area (Å²) in [6, 6.07) is 13.1. The average Bonchev–Trinajstić information content (AvgIpc) is 3.45. The lowest BCUT2D eigenvalue weighted by Gasteiger charge is -1.93. The predicted molar refractivity (Wildman–Crippen MR) is 115 cm³/mol. The summed E-state index contributed by atoms with van der Waals surface area (Å²) in [6.07, 6.45) is 1.03. The van der Waals surface area contributed by atoms with Gasteiger partial charge in [0.15, 0.2) is 0 Å². The normalized spacial score (nSPS) is 10.9. The third kappa shape index (κ3) is 3.70. The minimum Gasteiger partial charge on any atom is -0.478 e. The topological polar surface area (TPSA) is 108 Å². The summed E-state index contributed by atoms with van der Waals surface area (Å²) in [6.45, 7) is 0.764. The fourth-order valence-electron chi connectivity index (χ4n) is 2.92. The third-order valence-electron chi connectivity index (χ3n) is 4.26. The van der Waals surface area contributed by atoms with Crippen LogP contribution in [0.3, 0.4) is 0 Å². The molecular weight excluding hydrogens is 392 g/mol. The fourth-order valence-corrected chi connectivity index (χ4v) is 4.49. The van der Waals surface area contributed by atoms with Crippen molar-refractivity contribution >= 4 is 49.8 Å². The van der Waals surface area contributed by atoms with E-state index in [9.17, 15) is 4.79 Å². The Morgan fingerprint density at radius 1 is 1.11 bits per heavy atom. The van der Waals surface area contributed by atoms with Crippen LogP contribution in [0.1, 0.15) is 15.2 Å². The number of H-pyrrole nitrogens is 2. The lowest BCUT2D eigenvalue weighted by Crippen LogP contribution is -2.00. The maximum Gasteiger partial charge on any atom is 0.335 e. The van der Waals surface area contributed by atoms with Crippen molar-refractivity contribution in [1.29, 1.82) is 0 Å². The van der Waals surface area contributed by atoms with E-state index in [-0.39, 0.29) is 5.56 Å². The van der Waals surface area contributed by atoms with Crippen molar-refractivity contribution in [3.05, 3.63) is 63.7 Å². The molecule has 5 rings (SSSR count). The van der Waals surface area contributed by atoms with Gasteiger partial charge in [-0.3, -0.25) is 5.10 Å².